The van der Waals surface area contributed by atoms with Crippen LogP contribution in [-0.2, 0) is 6.42 Å². The Kier molecular flexibility index (Phi) is 3.93. The Morgan fingerprint density at radius 3 is 2.80 bits per heavy atom. The van der Waals surface area contributed by atoms with Crippen molar-refractivity contribution in [1.82, 2.24) is 20.3 Å². The maximum Gasteiger partial charge on any atom is 0.253 e. The predicted molar refractivity (Wildman–Crippen MR) is 94.5 cm³/mol. The Bertz CT molecular complexity index is 915. The molecule has 6 heteroatoms. The number of hydrogen-bond donors (Lipinski definition) is 2. The van der Waals surface area contributed by atoms with Gasteiger partial charge in [0.05, 0.1) is 23.6 Å². The van der Waals surface area contributed by atoms with E-state index in [9.17, 15) is 4.79 Å². The van der Waals surface area contributed by atoms with E-state index in [4.69, 9.17) is 4.74 Å². The maximum absolute atomic E-state index is 11.9. The topological polar surface area (TPSA) is 79.9 Å². The molecule has 0 unspecified atom stereocenters. The van der Waals surface area contributed by atoms with Crippen molar-refractivity contribution in [2.45, 2.75) is 13.3 Å². The smallest absolute Gasteiger partial charge is 0.253 e. The molecule has 1 aliphatic rings. The first-order valence-electron chi connectivity index (χ1n) is 8.31. The van der Waals surface area contributed by atoms with E-state index in [0.29, 0.717) is 24.5 Å². The Balaban J connectivity index is 1.66. The number of nitrogens with zero attached hydrogens (tertiary/aromatic N) is 2. The zero-order valence-corrected chi connectivity index (χ0v) is 13.9. The number of rotatable bonds is 4. The molecule has 0 aliphatic carbocycles. The normalized spacial score (nSPS) is 13.2. The molecule has 4 rings (SSSR count). The summed E-state index contributed by atoms with van der Waals surface area (Å²) in [6.07, 6.45) is 2.53. The third-order valence-electron chi connectivity index (χ3n) is 4.16. The van der Waals surface area contributed by atoms with Crippen LogP contribution in [0, 0.1) is 0 Å². The summed E-state index contributed by atoms with van der Waals surface area (Å²) in [5.41, 5.74) is 4.17. The molecule has 0 saturated heterocycles. The molecule has 1 amide bonds. The Hall–Kier alpha value is -3.15. The number of carbonyl (C=O) groups excluding carboxylic acids is 1. The van der Waals surface area contributed by atoms with Crippen molar-refractivity contribution in [1.29, 1.82) is 0 Å². The summed E-state index contributed by atoms with van der Waals surface area (Å²) in [7, 11) is 0. The van der Waals surface area contributed by atoms with Gasteiger partial charge in [-0.3, -0.25) is 4.79 Å². The number of hydrogen-bond acceptors (Lipinski definition) is 4. The fourth-order valence-electron chi connectivity index (χ4n) is 2.95. The molecule has 126 valence electrons. The van der Waals surface area contributed by atoms with E-state index in [-0.39, 0.29) is 5.91 Å². The zero-order chi connectivity index (χ0) is 17.2. The molecule has 0 atom stereocenters. The van der Waals surface area contributed by atoms with E-state index in [2.05, 4.69) is 20.3 Å². The molecule has 0 bridgehead atoms. The molecule has 3 aromatic rings. The van der Waals surface area contributed by atoms with E-state index in [1.807, 2.05) is 43.3 Å². The highest BCUT2D eigenvalue weighted by atomic mass is 16.5. The van der Waals surface area contributed by atoms with Crippen LogP contribution < -0.4 is 10.1 Å². The highest BCUT2D eigenvalue weighted by Gasteiger charge is 2.20. The molecule has 25 heavy (non-hydrogen) atoms. The summed E-state index contributed by atoms with van der Waals surface area (Å²) >= 11 is 0. The molecule has 6 nitrogen and oxygen atoms in total. The summed E-state index contributed by atoms with van der Waals surface area (Å²) in [5.74, 6) is 1.42. The third kappa shape index (κ3) is 2.98. The number of aromatic amines is 1. The first kappa shape index (κ1) is 15.4. The largest absolute Gasteiger partial charge is 0.494 e. The Morgan fingerprint density at radius 2 is 2.04 bits per heavy atom. The third-order valence-corrected chi connectivity index (χ3v) is 4.16. The second kappa shape index (κ2) is 6.39. The van der Waals surface area contributed by atoms with E-state index >= 15 is 0 Å². The van der Waals surface area contributed by atoms with Crippen LogP contribution in [0.4, 0.5) is 0 Å². The Labute approximate surface area is 145 Å². The van der Waals surface area contributed by atoms with Crippen molar-refractivity contribution in [2.75, 3.05) is 13.2 Å². The first-order valence-corrected chi connectivity index (χ1v) is 8.31. The number of fused-ring (bicyclic) bond motifs is 1. The minimum absolute atomic E-state index is 0.0375. The molecule has 0 fully saturated rings. The van der Waals surface area contributed by atoms with Gasteiger partial charge < -0.3 is 15.0 Å². The molecule has 2 N–H and O–H groups in total. The van der Waals surface area contributed by atoms with E-state index in [0.717, 1.165) is 34.8 Å². The average molecular weight is 334 g/mol. The minimum atomic E-state index is -0.0375. The summed E-state index contributed by atoms with van der Waals surface area (Å²) in [6.45, 7) is 3.25. The van der Waals surface area contributed by atoms with Gasteiger partial charge in [-0.1, -0.05) is 0 Å². The molecule has 1 aromatic carbocycles. The lowest BCUT2D eigenvalue weighted by Gasteiger charge is -2.10. The maximum atomic E-state index is 11.9. The van der Waals surface area contributed by atoms with Gasteiger partial charge in [0.2, 0.25) is 0 Å². The fourth-order valence-corrected chi connectivity index (χ4v) is 2.95. The van der Waals surface area contributed by atoms with E-state index in [1.54, 1.807) is 6.20 Å². The second-order valence-electron chi connectivity index (χ2n) is 5.80. The summed E-state index contributed by atoms with van der Waals surface area (Å²) < 4.78 is 5.46. The molecule has 1 aliphatic heterocycles. The van der Waals surface area contributed by atoms with Gasteiger partial charge in [0.15, 0.2) is 5.82 Å². The molecule has 2 aromatic heterocycles. The van der Waals surface area contributed by atoms with Crippen molar-refractivity contribution in [3.63, 3.8) is 0 Å². The lowest BCUT2D eigenvalue weighted by Crippen LogP contribution is -2.31. The van der Waals surface area contributed by atoms with Gasteiger partial charge in [0.25, 0.3) is 5.91 Å². The van der Waals surface area contributed by atoms with E-state index in [1.165, 1.54) is 0 Å². The van der Waals surface area contributed by atoms with Crippen molar-refractivity contribution >= 4 is 5.91 Å². The standard InChI is InChI=1S/C19H18N4O2/c1-2-25-13-5-3-12(4-6-13)18-20-9-8-16(23-18)17-11-14-15(22-17)7-10-21-19(14)24/h3-6,8-9,11,22H,2,7,10H2,1H3,(H,21,24). The highest BCUT2D eigenvalue weighted by molar-refractivity contribution is 5.97. The van der Waals surface area contributed by atoms with Crippen molar-refractivity contribution in [3.05, 3.63) is 53.9 Å². The van der Waals surface area contributed by atoms with Gasteiger partial charge in [-0.05, 0) is 43.3 Å². The lowest BCUT2D eigenvalue weighted by molar-refractivity contribution is 0.0946. The van der Waals surface area contributed by atoms with Crippen LogP contribution in [-0.4, -0.2) is 34.0 Å². The molecular formula is C19H18N4O2. The monoisotopic (exact) mass is 334 g/mol. The fraction of sp³-hybridized carbons (Fsp3) is 0.211. The molecule has 0 saturated carbocycles. The summed E-state index contributed by atoms with van der Waals surface area (Å²) in [5, 5.41) is 2.85. The van der Waals surface area contributed by atoms with Crippen LogP contribution in [0.3, 0.4) is 0 Å². The number of ether oxygens (including phenoxy) is 1. The average Bonchev–Trinajstić information content (AvgIpc) is 3.09. The van der Waals surface area contributed by atoms with Gasteiger partial charge in [-0.25, -0.2) is 9.97 Å². The second-order valence-corrected chi connectivity index (χ2v) is 5.80. The van der Waals surface area contributed by atoms with Gasteiger partial charge in [-0.15, -0.1) is 0 Å². The number of carbonyl (C=O) groups is 1. The quantitative estimate of drug-likeness (QED) is 0.769. The van der Waals surface area contributed by atoms with Crippen LogP contribution in [0.25, 0.3) is 22.8 Å². The first-order chi connectivity index (χ1) is 12.2. The molecular weight excluding hydrogens is 316 g/mol. The summed E-state index contributed by atoms with van der Waals surface area (Å²) in [6, 6.07) is 11.4. The lowest BCUT2D eigenvalue weighted by atomic mass is 10.1. The van der Waals surface area contributed by atoms with Crippen molar-refractivity contribution in [2.24, 2.45) is 0 Å². The zero-order valence-electron chi connectivity index (χ0n) is 13.9. The van der Waals surface area contributed by atoms with Crippen LogP contribution in [0.1, 0.15) is 23.0 Å². The molecule has 0 spiro atoms. The molecule has 0 radical (unpaired) electrons. The van der Waals surface area contributed by atoms with Gasteiger partial charge in [0.1, 0.15) is 5.75 Å². The van der Waals surface area contributed by atoms with Crippen LogP contribution in [0.2, 0.25) is 0 Å². The predicted octanol–water partition coefficient (Wildman–Crippen LogP) is 2.82. The minimum Gasteiger partial charge on any atom is -0.494 e. The number of nitrogens with one attached hydrogen (secondary N) is 2. The van der Waals surface area contributed by atoms with Gasteiger partial charge in [0, 0.05) is 30.4 Å². The van der Waals surface area contributed by atoms with Crippen molar-refractivity contribution < 1.29 is 9.53 Å². The highest BCUT2D eigenvalue weighted by Crippen LogP contribution is 2.25. The van der Waals surface area contributed by atoms with Gasteiger partial charge in [-0.2, -0.15) is 0 Å². The SMILES string of the molecule is CCOc1ccc(-c2nccc(-c3cc4c([nH]3)CCNC4=O)n2)cc1. The van der Waals surface area contributed by atoms with Crippen LogP contribution in [0.15, 0.2) is 42.6 Å². The molecule has 3 heterocycles. The summed E-state index contributed by atoms with van der Waals surface area (Å²) in [4.78, 5) is 24.2. The number of amides is 1. The van der Waals surface area contributed by atoms with Crippen LogP contribution >= 0.6 is 0 Å². The van der Waals surface area contributed by atoms with Crippen LogP contribution in [0.5, 0.6) is 5.75 Å². The van der Waals surface area contributed by atoms with Gasteiger partial charge >= 0.3 is 0 Å². The Morgan fingerprint density at radius 1 is 1.20 bits per heavy atom. The number of benzene rings is 1. The number of H-pyrrole nitrogens is 1. The number of aromatic nitrogens is 3. The van der Waals surface area contributed by atoms with Crippen molar-refractivity contribution in [3.8, 4) is 28.5 Å². The van der Waals surface area contributed by atoms with E-state index < -0.39 is 0 Å².